The molecule has 5 heteroatoms. The summed E-state index contributed by atoms with van der Waals surface area (Å²) in [5, 5.41) is 0. The van der Waals surface area contributed by atoms with E-state index in [0.717, 1.165) is 28.3 Å². The quantitative estimate of drug-likeness (QED) is 0.824. The Balaban J connectivity index is 1.77. The van der Waals surface area contributed by atoms with Gasteiger partial charge in [0.05, 0.1) is 0 Å². The van der Waals surface area contributed by atoms with Gasteiger partial charge in [0, 0.05) is 18.2 Å². The largest absolute Gasteiger partial charge is 0.327 e. The van der Waals surface area contributed by atoms with Crippen LogP contribution < -0.4 is 5.73 Å². The molecule has 0 saturated heterocycles. The number of hydrogen-bond donors (Lipinski definition) is 1. The van der Waals surface area contributed by atoms with Crippen molar-refractivity contribution in [3.8, 4) is 0 Å². The van der Waals surface area contributed by atoms with Crippen LogP contribution in [0.1, 0.15) is 38.4 Å². The molecule has 0 spiro atoms. The first-order valence-electron chi connectivity index (χ1n) is 6.00. The zero-order valence-corrected chi connectivity index (χ0v) is 11.3. The van der Waals surface area contributed by atoms with E-state index >= 15 is 0 Å². The summed E-state index contributed by atoms with van der Waals surface area (Å²) >= 11 is 3.28. The molecule has 0 radical (unpaired) electrons. The number of nitrogens with zero attached hydrogens (tertiary/aromatic N) is 2. The van der Waals surface area contributed by atoms with E-state index in [1.165, 1.54) is 37.2 Å². The SMILES string of the molecule is CCc1nsc(SCC(N)C2CCCC2)n1. The first kappa shape index (κ1) is 12.3. The van der Waals surface area contributed by atoms with Gasteiger partial charge in [-0.15, -0.1) is 0 Å². The smallest absolute Gasteiger partial charge is 0.170 e. The molecule has 16 heavy (non-hydrogen) atoms. The number of nitrogens with two attached hydrogens (primary N) is 1. The summed E-state index contributed by atoms with van der Waals surface area (Å²) in [7, 11) is 0. The maximum absolute atomic E-state index is 6.20. The van der Waals surface area contributed by atoms with Gasteiger partial charge in [-0.2, -0.15) is 4.37 Å². The van der Waals surface area contributed by atoms with E-state index in [4.69, 9.17) is 5.73 Å². The van der Waals surface area contributed by atoms with E-state index in [9.17, 15) is 0 Å². The van der Waals surface area contributed by atoms with Crippen LogP contribution >= 0.6 is 23.3 Å². The van der Waals surface area contributed by atoms with Crippen LogP contribution in [0, 0.1) is 5.92 Å². The lowest BCUT2D eigenvalue weighted by atomic mass is 10.0. The van der Waals surface area contributed by atoms with Crippen LogP contribution in [0.25, 0.3) is 0 Å². The van der Waals surface area contributed by atoms with E-state index in [2.05, 4.69) is 16.3 Å². The number of hydrogen-bond acceptors (Lipinski definition) is 5. The molecule has 0 amide bonds. The molecule has 1 unspecified atom stereocenters. The van der Waals surface area contributed by atoms with Crippen molar-refractivity contribution in [2.45, 2.75) is 49.4 Å². The minimum Gasteiger partial charge on any atom is -0.327 e. The van der Waals surface area contributed by atoms with Crippen molar-refractivity contribution in [2.75, 3.05) is 5.75 Å². The first-order chi connectivity index (χ1) is 7.79. The lowest BCUT2D eigenvalue weighted by Crippen LogP contribution is -2.30. The lowest BCUT2D eigenvalue weighted by Gasteiger charge is -2.17. The van der Waals surface area contributed by atoms with Gasteiger partial charge in [-0.25, -0.2) is 4.98 Å². The average Bonchev–Trinajstić information content (AvgIpc) is 2.96. The van der Waals surface area contributed by atoms with Crippen LogP contribution in [0.4, 0.5) is 0 Å². The third-order valence-corrected chi connectivity index (χ3v) is 5.19. The fourth-order valence-corrected chi connectivity index (χ4v) is 3.93. The van der Waals surface area contributed by atoms with Crippen LogP contribution in [0.2, 0.25) is 0 Å². The van der Waals surface area contributed by atoms with Gasteiger partial charge in [0.15, 0.2) is 4.34 Å². The molecule has 0 bridgehead atoms. The van der Waals surface area contributed by atoms with Crippen LogP contribution in [0.15, 0.2) is 4.34 Å². The molecule has 2 N–H and O–H groups in total. The van der Waals surface area contributed by atoms with Gasteiger partial charge in [0.2, 0.25) is 0 Å². The van der Waals surface area contributed by atoms with Crippen LogP contribution in [0.5, 0.6) is 0 Å². The molecule has 1 aromatic heterocycles. The topological polar surface area (TPSA) is 51.8 Å². The maximum atomic E-state index is 6.20. The van der Waals surface area contributed by atoms with Crippen molar-refractivity contribution in [3.05, 3.63) is 5.82 Å². The van der Waals surface area contributed by atoms with E-state index in [1.54, 1.807) is 11.8 Å². The third kappa shape index (κ3) is 3.18. The lowest BCUT2D eigenvalue weighted by molar-refractivity contribution is 0.463. The van der Waals surface area contributed by atoms with Crippen molar-refractivity contribution in [1.29, 1.82) is 0 Å². The fraction of sp³-hybridized carbons (Fsp3) is 0.818. The second-order valence-corrected chi connectivity index (χ2v) is 6.37. The van der Waals surface area contributed by atoms with Crippen molar-refractivity contribution < 1.29 is 0 Å². The zero-order valence-electron chi connectivity index (χ0n) is 9.69. The van der Waals surface area contributed by atoms with Crippen LogP contribution in [-0.4, -0.2) is 21.2 Å². The molecule has 3 nitrogen and oxygen atoms in total. The Morgan fingerprint density at radius 1 is 1.50 bits per heavy atom. The molecule has 0 aromatic carbocycles. The molecular formula is C11H19N3S2. The molecular weight excluding hydrogens is 238 g/mol. The van der Waals surface area contributed by atoms with Gasteiger partial charge in [-0.1, -0.05) is 31.5 Å². The molecule has 2 rings (SSSR count). The molecule has 1 heterocycles. The molecule has 90 valence electrons. The maximum Gasteiger partial charge on any atom is 0.170 e. The van der Waals surface area contributed by atoms with E-state index < -0.39 is 0 Å². The Bertz CT molecular complexity index is 321. The van der Waals surface area contributed by atoms with Gasteiger partial charge < -0.3 is 5.73 Å². The van der Waals surface area contributed by atoms with Gasteiger partial charge in [-0.05, 0) is 30.3 Å². The fourth-order valence-electron chi connectivity index (χ4n) is 2.13. The summed E-state index contributed by atoms with van der Waals surface area (Å²) in [5.74, 6) is 2.69. The van der Waals surface area contributed by atoms with Gasteiger partial charge >= 0.3 is 0 Å². The summed E-state index contributed by atoms with van der Waals surface area (Å²) in [6.07, 6.45) is 6.28. The predicted molar refractivity (Wildman–Crippen MR) is 69.9 cm³/mol. The summed E-state index contributed by atoms with van der Waals surface area (Å²) < 4.78 is 5.35. The third-order valence-electron chi connectivity index (χ3n) is 3.17. The highest BCUT2D eigenvalue weighted by atomic mass is 32.2. The first-order valence-corrected chi connectivity index (χ1v) is 7.76. The molecule has 1 atom stereocenters. The minimum atomic E-state index is 0.335. The van der Waals surface area contributed by atoms with Gasteiger partial charge in [0.1, 0.15) is 5.82 Å². The molecule has 1 aromatic rings. The average molecular weight is 257 g/mol. The monoisotopic (exact) mass is 257 g/mol. The molecule has 1 fully saturated rings. The normalized spacial score (nSPS) is 19.1. The van der Waals surface area contributed by atoms with E-state index in [1.807, 2.05) is 0 Å². The second kappa shape index (κ2) is 5.98. The highest BCUT2D eigenvalue weighted by molar-refractivity contribution is 8.00. The molecule has 1 aliphatic carbocycles. The van der Waals surface area contributed by atoms with Crippen molar-refractivity contribution in [2.24, 2.45) is 11.7 Å². The van der Waals surface area contributed by atoms with E-state index in [0.29, 0.717) is 6.04 Å². The van der Waals surface area contributed by atoms with Crippen LogP contribution in [0.3, 0.4) is 0 Å². The summed E-state index contributed by atoms with van der Waals surface area (Å²) in [6, 6.07) is 0.335. The predicted octanol–water partition coefficient (Wildman–Crippen LogP) is 2.71. The number of rotatable bonds is 5. The zero-order chi connectivity index (χ0) is 11.4. The van der Waals surface area contributed by atoms with Crippen molar-refractivity contribution in [3.63, 3.8) is 0 Å². The standard InChI is InChI=1S/C11H19N3S2/c1-2-10-13-11(16-14-10)15-7-9(12)8-5-3-4-6-8/h8-9H,2-7,12H2,1H3. The molecule has 0 aliphatic heterocycles. The highest BCUT2D eigenvalue weighted by Gasteiger charge is 2.22. The Kier molecular flexibility index (Phi) is 4.61. The Morgan fingerprint density at radius 2 is 2.25 bits per heavy atom. The van der Waals surface area contributed by atoms with Crippen LogP contribution in [-0.2, 0) is 6.42 Å². The Labute approximate surface area is 105 Å². The number of aromatic nitrogens is 2. The van der Waals surface area contributed by atoms with E-state index in [-0.39, 0.29) is 0 Å². The van der Waals surface area contributed by atoms with Crippen molar-refractivity contribution in [1.82, 2.24) is 9.36 Å². The number of thioether (sulfide) groups is 1. The Hall–Kier alpha value is -0.130. The molecule has 1 aliphatic rings. The van der Waals surface area contributed by atoms with Gasteiger partial charge in [-0.3, -0.25) is 0 Å². The second-order valence-electron chi connectivity index (χ2n) is 4.35. The summed E-state index contributed by atoms with van der Waals surface area (Å²) in [4.78, 5) is 4.44. The summed E-state index contributed by atoms with van der Waals surface area (Å²) in [6.45, 7) is 2.08. The number of aryl methyl sites for hydroxylation is 1. The summed E-state index contributed by atoms with van der Waals surface area (Å²) in [5.41, 5.74) is 6.20. The minimum absolute atomic E-state index is 0.335. The van der Waals surface area contributed by atoms with Gasteiger partial charge in [0.25, 0.3) is 0 Å². The highest BCUT2D eigenvalue weighted by Crippen LogP contribution is 2.30. The Morgan fingerprint density at radius 3 is 2.88 bits per heavy atom. The van der Waals surface area contributed by atoms with Crippen molar-refractivity contribution >= 4 is 23.3 Å². The molecule has 1 saturated carbocycles.